The second-order valence-electron chi connectivity index (χ2n) is 5.57. The molecule has 2 fully saturated rings. The Labute approximate surface area is 118 Å². The van der Waals surface area contributed by atoms with Crippen LogP contribution >= 0.6 is 11.3 Å². The molecule has 0 aliphatic heterocycles. The molecule has 6 heteroatoms. The summed E-state index contributed by atoms with van der Waals surface area (Å²) in [5, 5.41) is 2.85. The molecule has 0 atom stereocenters. The summed E-state index contributed by atoms with van der Waals surface area (Å²) in [6, 6.07) is 0. The van der Waals surface area contributed by atoms with Crippen molar-refractivity contribution in [2.45, 2.75) is 62.7 Å². The highest BCUT2D eigenvalue weighted by Gasteiger charge is 2.35. The lowest BCUT2D eigenvalue weighted by Gasteiger charge is -2.19. The van der Waals surface area contributed by atoms with Crippen molar-refractivity contribution in [1.82, 2.24) is 9.71 Å². The molecular weight excluding hydrogens is 280 g/mol. The van der Waals surface area contributed by atoms with Gasteiger partial charge in [0.1, 0.15) is 5.01 Å². The van der Waals surface area contributed by atoms with Gasteiger partial charge in [-0.3, -0.25) is 0 Å². The fourth-order valence-electron chi connectivity index (χ4n) is 2.65. The first kappa shape index (κ1) is 13.5. The van der Waals surface area contributed by atoms with E-state index < -0.39 is 10.0 Å². The van der Waals surface area contributed by atoms with Crippen molar-refractivity contribution in [2.75, 3.05) is 0 Å². The maximum absolute atomic E-state index is 11.7. The SMILES string of the molecule is O=S(=O)(NCc1nc(C2CCCCC2)cs1)C1CC1. The fourth-order valence-corrected chi connectivity index (χ4v) is 4.89. The molecule has 4 nitrogen and oxygen atoms in total. The monoisotopic (exact) mass is 300 g/mol. The van der Waals surface area contributed by atoms with Gasteiger partial charge >= 0.3 is 0 Å². The van der Waals surface area contributed by atoms with E-state index >= 15 is 0 Å². The number of nitrogens with zero attached hydrogens (tertiary/aromatic N) is 1. The van der Waals surface area contributed by atoms with Gasteiger partial charge in [0.05, 0.1) is 17.5 Å². The third-order valence-electron chi connectivity index (χ3n) is 3.98. The maximum Gasteiger partial charge on any atom is 0.214 e. The second kappa shape index (κ2) is 5.50. The van der Waals surface area contributed by atoms with E-state index in [-0.39, 0.29) is 5.25 Å². The molecule has 0 aromatic carbocycles. The van der Waals surface area contributed by atoms with Gasteiger partial charge in [-0.15, -0.1) is 11.3 Å². The van der Waals surface area contributed by atoms with Gasteiger partial charge < -0.3 is 0 Å². The van der Waals surface area contributed by atoms with Gasteiger partial charge in [0.2, 0.25) is 10.0 Å². The van der Waals surface area contributed by atoms with Crippen LogP contribution in [0.3, 0.4) is 0 Å². The Morgan fingerprint density at radius 2 is 1.95 bits per heavy atom. The minimum Gasteiger partial charge on any atom is -0.245 e. The van der Waals surface area contributed by atoms with Crippen molar-refractivity contribution in [3.05, 3.63) is 16.1 Å². The number of nitrogens with one attached hydrogen (secondary N) is 1. The Morgan fingerprint density at radius 1 is 1.21 bits per heavy atom. The molecule has 2 saturated carbocycles. The molecule has 3 rings (SSSR count). The van der Waals surface area contributed by atoms with E-state index in [1.807, 2.05) is 0 Å². The second-order valence-corrected chi connectivity index (χ2v) is 8.55. The first-order chi connectivity index (χ1) is 9.15. The Kier molecular flexibility index (Phi) is 3.91. The molecule has 0 amide bonds. The highest BCUT2D eigenvalue weighted by Crippen LogP contribution is 2.33. The molecular formula is C13H20N2O2S2. The topological polar surface area (TPSA) is 59.1 Å². The zero-order chi connectivity index (χ0) is 13.3. The Balaban J connectivity index is 1.58. The van der Waals surface area contributed by atoms with Crippen LogP contribution in [0, 0.1) is 0 Å². The van der Waals surface area contributed by atoms with Crippen molar-refractivity contribution < 1.29 is 8.42 Å². The van der Waals surface area contributed by atoms with Crippen LogP contribution < -0.4 is 4.72 Å². The standard InChI is InChI=1S/C13H20N2O2S2/c16-19(17,11-6-7-11)14-8-13-15-12(9-18-13)10-4-2-1-3-5-10/h9-11,14H,1-8H2. The van der Waals surface area contributed by atoms with Crippen molar-refractivity contribution in [3.63, 3.8) is 0 Å². The summed E-state index contributed by atoms with van der Waals surface area (Å²) in [6.45, 7) is 0.357. The lowest BCUT2D eigenvalue weighted by atomic mass is 9.87. The van der Waals surface area contributed by atoms with Crippen LogP contribution in [0.15, 0.2) is 5.38 Å². The van der Waals surface area contributed by atoms with Crippen LogP contribution in [0.2, 0.25) is 0 Å². The molecule has 2 aliphatic carbocycles. The summed E-state index contributed by atoms with van der Waals surface area (Å²) in [5.41, 5.74) is 1.17. The van der Waals surface area contributed by atoms with E-state index in [9.17, 15) is 8.42 Å². The summed E-state index contributed by atoms with van der Waals surface area (Å²) >= 11 is 1.58. The Hall–Kier alpha value is -0.460. The van der Waals surface area contributed by atoms with Crippen molar-refractivity contribution in [1.29, 1.82) is 0 Å². The molecule has 0 unspecified atom stereocenters. The third-order valence-corrected chi connectivity index (χ3v) is 6.74. The van der Waals surface area contributed by atoms with E-state index in [0.29, 0.717) is 12.5 Å². The minimum absolute atomic E-state index is 0.148. The number of hydrogen-bond donors (Lipinski definition) is 1. The molecule has 1 aromatic rings. The van der Waals surface area contributed by atoms with E-state index in [2.05, 4.69) is 15.1 Å². The Morgan fingerprint density at radius 3 is 2.63 bits per heavy atom. The first-order valence-electron chi connectivity index (χ1n) is 7.08. The molecule has 19 heavy (non-hydrogen) atoms. The molecule has 0 saturated heterocycles. The van der Waals surface area contributed by atoms with E-state index in [1.54, 1.807) is 11.3 Å². The summed E-state index contributed by atoms with van der Waals surface area (Å²) < 4.78 is 26.2. The van der Waals surface area contributed by atoms with Crippen LogP contribution in [0.5, 0.6) is 0 Å². The third kappa shape index (κ3) is 3.35. The lowest BCUT2D eigenvalue weighted by molar-refractivity contribution is 0.437. The van der Waals surface area contributed by atoms with Crippen molar-refractivity contribution in [2.24, 2.45) is 0 Å². The average molecular weight is 300 g/mol. The fraction of sp³-hybridized carbons (Fsp3) is 0.769. The van der Waals surface area contributed by atoms with E-state index in [0.717, 1.165) is 17.8 Å². The Bertz CT molecular complexity index is 529. The molecule has 1 N–H and O–H groups in total. The molecule has 1 aromatic heterocycles. The van der Waals surface area contributed by atoms with Crippen LogP contribution in [0.4, 0.5) is 0 Å². The highest BCUT2D eigenvalue weighted by molar-refractivity contribution is 7.90. The molecule has 0 spiro atoms. The van der Waals surface area contributed by atoms with Gasteiger partial charge in [0.25, 0.3) is 0 Å². The first-order valence-corrected chi connectivity index (χ1v) is 9.50. The van der Waals surface area contributed by atoms with E-state index in [4.69, 9.17) is 0 Å². The number of rotatable bonds is 5. The predicted octanol–water partition coefficient (Wildman–Crippen LogP) is 2.77. The molecule has 0 bridgehead atoms. The van der Waals surface area contributed by atoms with Gasteiger partial charge in [-0.1, -0.05) is 19.3 Å². The summed E-state index contributed by atoms with van der Waals surface area (Å²) in [4.78, 5) is 4.61. The van der Waals surface area contributed by atoms with Crippen LogP contribution in [-0.2, 0) is 16.6 Å². The molecule has 1 heterocycles. The van der Waals surface area contributed by atoms with Gasteiger partial charge in [0, 0.05) is 11.3 Å². The van der Waals surface area contributed by atoms with Crippen LogP contribution in [0.1, 0.15) is 61.6 Å². The van der Waals surface area contributed by atoms with Crippen molar-refractivity contribution >= 4 is 21.4 Å². The largest absolute Gasteiger partial charge is 0.245 e. The predicted molar refractivity (Wildman–Crippen MR) is 76.7 cm³/mol. The number of aromatic nitrogens is 1. The van der Waals surface area contributed by atoms with Crippen molar-refractivity contribution in [3.8, 4) is 0 Å². The number of sulfonamides is 1. The molecule has 0 radical (unpaired) electrons. The normalized spacial score (nSPS) is 21.7. The van der Waals surface area contributed by atoms with Crippen LogP contribution in [0.25, 0.3) is 0 Å². The summed E-state index contributed by atoms with van der Waals surface area (Å²) in [5.74, 6) is 0.596. The smallest absolute Gasteiger partial charge is 0.214 e. The quantitative estimate of drug-likeness (QED) is 0.909. The zero-order valence-electron chi connectivity index (χ0n) is 11.0. The van der Waals surface area contributed by atoms with Crippen LogP contribution in [-0.4, -0.2) is 18.7 Å². The van der Waals surface area contributed by atoms with Gasteiger partial charge in [-0.05, 0) is 25.7 Å². The highest BCUT2D eigenvalue weighted by atomic mass is 32.2. The average Bonchev–Trinajstić information content (AvgIpc) is 3.18. The number of thiazole rings is 1. The van der Waals surface area contributed by atoms with Gasteiger partial charge in [-0.25, -0.2) is 18.1 Å². The van der Waals surface area contributed by atoms with E-state index in [1.165, 1.54) is 37.8 Å². The lowest BCUT2D eigenvalue weighted by Crippen LogP contribution is -2.26. The summed E-state index contributed by atoms with van der Waals surface area (Å²) in [7, 11) is -3.08. The number of hydrogen-bond acceptors (Lipinski definition) is 4. The summed E-state index contributed by atoms with van der Waals surface area (Å²) in [6.07, 6.45) is 8.02. The minimum atomic E-state index is -3.08. The maximum atomic E-state index is 11.7. The molecule has 106 valence electrons. The van der Waals surface area contributed by atoms with Gasteiger partial charge in [-0.2, -0.15) is 0 Å². The van der Waals surface area contributed by atoms with Gasteiger partial charge in [0.15, 0.2) is 0 Å². The molecule has 2 aliphatic rings. The zero-order valence-corrected chi connectivity index (χ0v) is 12.6.